The number of hydrogen-bond donors (Lipinski definition) is 1. The number of nitrogens with one attached hydrogen (secondary N) is 1. The standard InChI is InChI=1S/C23H21Cl3N2O3S/c1-15-3-8-20(11-16(15)2)27-23(29)14-28(13-17-4-5-19(25)12-22(17)26)32(30,31)21-9-6-18(24)7-10-21/h3-12H,13-14H2,1-2H3,(H,27,29). The van der Waals surface area contributed by atoms with Gasteiger partial charge in [0.25, 0.3) is 0 Å². The van der Waals surface area contributed by atoms with Crippen LogP contribution in [0.15, 0.2) is 65.6 Å². The molecule has 3 rings (SSSR count). The lowest BCUT2D eigenvalue weighted by atomic mass is 10.1. The van der Waals surface area contributed by atoms with Crippen LogP contribution in [0.1, 0.15) is 16.7 Å². The minimum atomic E-state index is -4.02. The average Bonchev–Trinajstić information content (AvgIpc) is 2.72. The Morgan fingerprint density at radius 3 is 2.16 bits per heavy atom. The van der Waals surface area contributed by atoms with Gasteiger partial charge in [0.15, 0.2) is 0 Å². The third-order valence-electron chi connectivity index (χ3n) is 4.92. The Labute approximate surface area is 203 Å². The highest BCUT2D eigenvalue weighted by Crippen LogP contribution is 2.26. The maximum Gasteiger partial charge on any atom is 0.243 e. The minimum Gasteiger partial charge on any atom is -0.325 e. The van der Waals surface area contributed by atoms with Gasteiger partial charge < -0.3 is 5.32 Å². The van der Waals surface area contributed by atoms with Crippen LogP contribution >= 0.6 is 34.8 Å². The van der Waals surface area contributed by atoms with Crippen LogP contribution in [0.2, 0.25) is 15.1 Å². The fourth-order valence-electron chi connectivity index (χ4n) is 3.00. The van der Waals surface area contributed by atoms with Crippen molar-refractivity contribution in [3.8, 4) is 0 Å². The summed E-state index contributed by atoms with van der Waals surface area (Å²) >= 11 is 18.1. The molecule has 0 aliphatic rings. The Kier molecular flexibility index (Phi) is 7.85. The molecule has 1 N–H and O–H groups in total. The van der Waals surface area contributed by atoms with Crippen LogP contribution in [0.5, 0.6) is 0 Å². The second-order valence-electron chi connectivity index (χ2n) is 7.31. The molecule has 0 unspecified atom stereocenters. The zero-order valence-electron chi connectivity index (χ0n) is 17.4. The largest absolute Gasteiger partial charge is 0.325 e. The molecule has 168 valence electrons. The summed E-state index contributed by atoms with van der Waals surface area (Å²) in [4.78, 5) is 12.8. The van der Waals surface area contributed by atoms with Crippen LogP contribution in [-0.2, 0) is 21.4 Å². The number of benzene rings is 3. The number of anilines is 1. The molecule has 9 heteroatoms. The molecule has 0 bridgehead atoms. The molecule has 1 amide bonds. The zero-order chi connectivity index (χ0) is 23.5. The minimum absolute atomic E-state index is 0.0194. The summed E-state index contributed by atoms with van der Waals surface area (Å²) < 4.78 is 27.8. The smallest absolute Gasteiger partial charge is 0.243 e. The molecule has 0 radical (unpaired) electrons. The number of aryl methyl sites for hydroxylation is 2. The Hall–Kier alpha value is -2.09. The summed E-state index contributed by atoms with van der Waals surface area (Å²) in [5.41, 5.74) is 3.22. The molecule has 3 aromatic carbocycles. The van der Waals surface area contributed by atoms with Gasteiger partial charge in [0.2, 0.25) is 15.9 Å². The molecule has 0 heterocycles. The average molecular weight is 512 g/mol. The first-order chi connectivity index (χ1) is 15.1. The molecule has 3 aromatic rings. The predicted molar refractivity (Wildman–Crippen MR) is 130 cm³/mol. The van der Waals surface area contributed by atoms with Crippen molar-refractivity contribution in [3.63, 3.8) is 0 Å². The van der Waals surface area contributed by atoms with Crippen molar-refractivity contribution in [2.45, 2.75) is 25.3 Å². The Morgan fingerprint density at radius 1 is 0.875 bits per heavy atom. The molecule has 5 nitrogen and oxygen atoms in total. The van der Waals surface area contributed by atoms with Crippen LogP contribution in [0, 0.1) is 13.8 Å². The quantitative estimate of drug-likeness (QED) is 0.417. The SMILES string of the molecule is Cc1ccc(NC(=O)CN(Cc2ccc(Cl)cc2Cl)S(=O)(=O)c2ccc(Cl)cc2)cc1C. The van der Waals surface area contributed by atoms with E-state index >= 15 is 0 Å². The van der Waals surface area contributed by atoms with Gasteiger partial charge in [-0.15, -0.1) is 0 Å². The van der Waals surface area contributed by atoms with Gasteiger partial charge in [0.05, 0.1) is 11.4 Å². The summed E-state index contributed by atoms with van der Waals surface area (Å²) in [6.07, 6.45) is 0. The molecule has 0 spiro atoms. The first-order valence-electron chi connectivity index (χ1n) is 9.63. The van der Waals surface area contributed by atoms with Crippen molar-refractivity contribution < 1.29 is 13.2 Å². The van der Waals surface area contributed by atoms with Crippen LogP contribution in [-0.4, -0.2) is 25.2 Å². The van der Waals surface area contributed by atoms with Gasteiger partial charge in [-0.3, -0.25) is 4.79 Å². The lowest BCUT2D eigenvalue weighted by Gasteiger charge is -2.23. The molecule has 0 saturated heterocycles. The Bertz CT molecular complexity index is 1250. The third kappa shape index (κ3) is 6.03. The number of carbonyl (C=O) groups is 1. The van der Waals surface area contributed by atoms with E-state index in [9.17, 15) is 13.2 Å². The number of nitrogens with zero attached hydrogens (tertiary/aromatic N) is 1. The van der Waals surface area contributed by atoms with E-state index in [0.717, 1.165) is 15.4 Å². The molecule has 0 atom stereocenters. The van der Waals surface area contributed by atoms with E-state index in [1.165, 1.54) is 30.3 Å². The van der Waals surface area contributed by atoms with Crippen molar-refractivity contribution in [1.82, 2.24) is 4.31 Å². The second kappa shape index (κ2) is 10.2. The number of sulfonamides is 1. The van der Waals surface area contributed by atoms with Gasteiger partial charge in [0, 0.05) is 27.3 Å². The van der Waals surface area contributed by atoms with Gasteiger partial charge >= 0.3 is 0 Å². The van der Waals surface area contributed by atoms with E-state index in [0.29, 0.717) is 26.3 Å². The number of halogens is 3. The second-order valence-corrected chi connectivity index (χ2v) is 10.5. The van der Waals surface area contributed by atoms with Gasteiger partial charge in [0.1, 0.15) is 0 Å². The molecule has 0 fully saturated rings. The summed E-state index contributed by atoms with van der Waals surface area (Å²) in [7, 11) is -4.02. The highest BCUT2D eigenvalue weighted by molar-refractivity contribution is 7.89. The monoisotopic (exact) mass is 510 g/mol. The van der Waals surface area contributed by atoms with Crippen molar-refractivity contribution >= 4 is 56.4 Å². The van der Waals surface area contributed by atoms with Gasteiger partial charge in [-0.05, 0) is 79.1 Å². The maximum atomic E-state index is 13.3. The lowest BCUT2D eigenvalue weighted by Crippen LogP contribution is -2.37. The molecule has 0 saturated carbocycles. The van der Waals surface area contributed by atoms with Gasteiger partial charge in [-0.2, -0.15) is 4.31 Å². The summed E-state index contributed by atoms with van der Waals surface area (Å²) in [5.74, 6) is -0.476. The molecule has 0 aliphatic heterocycles. The van der Waals surface area contributed by atoms with Gasteiger partial charge in [-0.25, -0.2) is 8.42 Å². The van der Waals surface area contributed by atoms with Crippen LogP contribution in [0.25, 0.3) is 0 Å². The summed E-state index contributed by atoms with van der Waals surface area (Å²) in [6.45, 7) is 3.39. The first-order valence-corrected chi connectivity index (χ1v) is 12.2. The van der Waals surface area contributed by atoms with Crippen molar-refractivity contribution in [2.24, 2.45) is 0 Å². The van der Waals surface area contributed by atoms with Gasteiger partial charge in [-0.1, -0.05) is 46.9 Å². The molecule has 32 heavy (non-hydrogen) atoms. The van der Waals surface area contributed by atoms with E-state index in [1.807, 2.05) is 26.0 Å². The van der Waals surface area contributed by atoms with E-state index in [-0.39, 0.29) is 11.4 Å². The Morgan fingerprint density at radius 2 is 1.53 bits per heavy atom. The van der Waals surface area contributed by atoms with E-state index in [4.69, 9.17) is 34.8 Å². The Balaban J connectivity index is 1.91. The number of carbonyl (C=O) groups excluding carboxylic acids is 1. The fraction of sp³-hybridized carbons (Fsp3) is 0.174. The predicted octanol–water partition coefficient (Wildman–Crippen LogP) is 6.09. The van der Waals surface area contributed by atoms with E-state index in [1.54, 1.807) is 18.2 Å². The number of rotatable bonds is 7. The van der Waals surface area contributed by atoms with E-state index in [2.05, 4.69) is 5.32 Å². The molecular formula is C23H21Cl3N2O3S. The summed E-state index contributed by atoms with van der Waals surface area (Å²) in [5, 5.41) is 3.91. The summed E-state index contributed by atoms with van der Waals surface area (Å²) in [6, 6.07) is 16.0. The normalized spacial score (nSPS) is 11.6. The highest BCUT2D eigenvalue weighted by atomic mass is 35.5. The van der Waals surface area contributed by atoms with Crippen LogP contribution < -0.4 is 5.32 Å². The molecule has 0 aliphatic carbocycles. The van der Waals surface area contributed by atoms with E-state index < -0.39 is 22.5 Å². The first kappa shape index (κ1) is 24.6. The molecule has 0 aromatic heterocycles. The topological polar surface area (TPSA) is 66.5 Å². The number of hydrogen-bond acceptors (Lipinski definition) is 3. The lowest BCUT2D eigenvalue weighted by molar-refractivity contribution is -0.116. The van der Waals surface area contributed by atoms with Crippen molar-refractivity contribution in [2.75, 3.05) is 11.9 Å². The van der Waals surface area contributed by atoms with Crippen LogP contribution in [0.4, 0.5) is 5.69 Å². The highest BCUT2D eigenvalue weighted by Gasteiger charge is 2.27. The zero-order valence-corrected chi connectivity index (χ0v) is 20.5. The molecular weight excluding hydrogens is 491 g/mol. The number of amides is 1. The fourth-order valence-corrected chi connectivity index (χ4v) is 4.97. The van der Waals surface area contributed by atoms with Crippen molar-refractivity contribution in [3.05, 3.63) is 92.4 Å². The maximum absolute atomic E-state index is 13.3. The van der Waals surface area contributed by atoms with Crippen molar-refractivity contribution in [1.29, 1.82) is 0 Å². The van der Waals surface area contributed by atoms with Crippen LogP contribution in [0.3, 0.4) is 0 Å². The third-order valence-corrected chi connectivity index (χ3v) is 7.57.